The third-order valence-electron chi connectivity index (χ3n) is 3.21. The monoisotopic (exact) mass is 268 g/mol. The lowest BCUT2D eigenvalue weighted by atomic mass is 10.0. The number of nitrogens with zero attached hydrogens (tertiary/aromatic N) is 1. The molecule has 19 heavy (non-hydrogen) atoms. The molecule has 1 fully saturated rings. The van der Waals surface area contributed by atoms with E-state index in [0.717, 1.165) is 0 Å². The summed E-state index contributed by atoms with van der Waals surface area (Å²) in [6.07, 6.45) is -0.965. The third kappa shape index (κ3) is 2.69. The van der Waals surface area contributed by atoms with Gasteiger partial charge in [0.1, 0.15) is 11.9 Å². The molecule has 5 nitrogen and oxygen atoms in total. The number of rotatable bonds is 3. The van der Waals surface area contributed by atoms with E-state index >= 15 is 0 Å². The number of aliphatic hydroxyl groups is 1. The molecule has 0 saturated carbocycles. The second kappa shape index (κ2) is 5.54. The number of benzene rings is 1. The van der Waals surface area contributed by atoms with Gasteiger partial charge in [-0.05, 0) is 19.1 Å². The maximum absolute atomic E-state index is 13.8. The van der Waals surface area contributed by atoms with Crippen LogP contribution in [0.4, 0.5) is 10.1 Å². The molecule has 0 aromatic heterocycles. The summed E-state index contributed by atoms with van der Waals surface area (Å²) < 4.78 is 19.1. The summed E-state index contributed by atoms with van der Waals surface area (Å²) >= 11 is 0. The van der Waals surface area contributed by atoms with Gasteiger partial charge >= 0.3 is 0 Å². The molecule has 1 aliphatic rings. The summed E-state index contributed by atoms with van der Waals surface area (Å²) in [7, 11) is 0. The number of carbonyl (C=O) groups is 1. The Hall–Kier alpha value is -1.66. The molecule has 1 aromatic carbocycles. The molecule has 1 heterocycles. The van der Waals surface area contributed by atoms with Gasteiger partial charge in [-0.15, -0.1) is 0 Å². The molecular weight excluding hydrogens is 251 g/mol. The zero-order chi connectivity index (χ0) is 14.0. The van der Waals surface area contributed by atoms with Crippen molar-refractivity contribution < 1.29 is 19.0 Å². The van der Waals surface area contributed by atoms with E-state index in [2.05, 4.69) is 0 Å². The molecule has 2 atom stereocenters. The molecule has 0 spiro atoms. The third-order valence-corrected chi connectivity index (χ3v) is 3.21. The molecule has 1 saturated heterocycles. The van der Waals surface area contributed by atoms with Crippen molar-refractivity contribution in [3.63, 3.8) is 0 Å². The van der Waals surface area contributed by atoms with Gasteiger partial charge in [0.05, 0.1) is 19.3 Å². The van der Waals surface area contributed by atoms with E-state index < -0.39 is 23.9 Å². The number of ether oxygens (including phenoxy) is 1. The van der Waals surface area contributed by atoms with Crippen molar-refractivity contribution in [1.82, 2.24) is 0 Å². The number of halogens is 1. The van der Waals surface area contributed by atoms with Crippen molar-refractivity contribution in [2.45, 2.75) is 19.1 Å². The van der Waals surface area contributed by atoms with Gasteiger partial charge in [0.25, 0.3) is 0 Å². The Morgan fingerprint density at radius 3 is 3.00 bits per heavy atom. The first-order chi connectivity index (χ1) is 9.02. The number of hydrogen-bond donors (Lipinski definition) is 2. The maximum Gasteiger partial charge on any atom is 0.242 e. The van der Waals surface area contributed by atoms with Crippen molar-refractivity contribution in [3.05, 3.63) is 29.6 Å². The van der Waals surface area contributed by atoms with Crippen molar-refractivity contribution >= 4 is 11.6 Å². The minimum atomic E-state index is -0.965. The van der Waals surface area contributed by atoms with Gasteiger partial charge in [0.15, 0.2) is 0 Å². The maximum atomic E-state index is 13.8. The van der Waals surface area contributed by atoms with Crippen LogP contribution in [0.5, 0.6) is 0 Å². The molecule has 6 heteroatoms. The van der Waals surface area contributed by atoms with E-state index in [4.69, 9.17) is 10.5 Å². The molecule has 104 valence electrons. The number of anilines is 1. The summed E-state index contributed by atoms with van der Waals surface area (Å²) in [5.41, 5.74) is 6.01. The molecule has 1 aliphatic heterocycles. The Balaban J connectivity index is 2.44. The van der Waals surface area contributed by atoms with Gasteiger partial charge in [-0.1, -0.05) is 6.07 Å². The fourth-order valence-corrected chi connectivity index (χ4v) is 2.32. The van der Waals surface area contributed by atoms with E-state index in [-0.39, 0.29) is 12.2 Å². The minimum absolute atomic E-state index is 0.172. The number of nitrogens with two attached hydrogens (primary N) is 1. The van der Waals surface area contributed by atoms with Crippen molar-refractivity contribution in [2.75, 3.05) is 24.7 Å². The zero-order valence-corrected chi connectivity index (χ0v) is 10.7. The molecule has 0 radical (unpaired) electrons. The van der Waals surface area contributed by atoms with Gasteiger partial charge in [0.2, 0.25) is 5.91 Å². The van der Waals surface area contributed by atoms with Crippen LogP contribution in [0.2, 0.25) is 0 Å². The second-order valence-corrected chi connectivity index (χ2v) is 4.54. The summed E-state index contributed by atoms with van der Waals surface area (Å²) in [5.74, 6) is -1.03. The Morgan fingerprint density at radius 1 is 1.63 bits per heavy atom. The first-order valence-corrected chi connectivity index (χ1v) is 6.12. The lowest BCUT2D eigenvalue weighted by molar-refractivity contribution is -0.121. The predicted molar refractivity (Wildman–Crippen MR) is 68.2 cm³/mol. The Labute approximate surface area is 110 Å². The van der Waals surface area contributed by atoms with E-state index in [9.17, 15) is 14.3 Å². The molecular formula is C13H17FN2O3. The predicted octanol–water partition coefficient (Wildman–Crippen LogP) is 0.569. The van der Waals surface area contributed by atoms with Crippen LogP contribution < -0.4 is 10.6 Å². The number of hydrogen-bond acceptors (Lipinski definition) is 4. The molecule has 2 unspecified atom stereocenters. The lowest BCUT2D eigenvalue weighted by Gasteiger charge is -2.37. The highest BCUT2D eigenvalue weighted by Gasteiger charge is 2.30. The first kappa shape index (κ1) is 13.8. The molecule has 2 rings (SSSR count). The van der Waals surface area contributed by atoms with Gasteiger partial charge < -0.3 is 20.5 Å². The van der Waals surface area contributed by atoms with Crippen molar-refractivity contribution in [1.29, 1.82) is 0 Å². The van der Waals surface area contributed by atoms with Crippen molar-refractivity contribution in [2.24, 2.45) is 5.73 Å². The number of primary amides is 1. The van der Waals surface area contributed by atoms with Gasteiger partial charge in [-0.2, -0.15) is 0 Å². The Morgan fingerprint density at radius 2 is 2.37 bits per heavy atom. The van der Waals surface area contributed by atoms with Crippen LogP contribution in [0.1, 0.15) is 18.6 Å². The standard InChI is InChI=1S/C13H17FN2O3/c1-8(17)12-9(14)3-2-4-10(12)16-5-6-19-7-11(16)13(15)18/h2-4,8,11,17H,5-7H2,1H3,(H2,15,18). The highest BCUT2D eigenvalue weighted by Crippen LogP contribution is 2.31. The average Bonchev–Trinajstić information content (AvgIpc) is 2.37. The van der Waals surface area contributed by atoms with Crippen LogP contribution in [-0.2, 0) is 9.53 Å². The molecule has 0 bridgehead atoms. The highest BCUT2D eigenvalue weighted by molar-refractivity contribution is 5.84. The van der Waals surface area contributed by atoms with Crippen LogP contribution in [0.3, 0.4) is 0 Å². The van der Waals surface area contributed by atoms with Crippen molar-refractivity contribution in [3.8, 4) is 0 Å². The number of aliphatic hydroxyl groups excluding tert-OH is 1. The van der Waals surface area contributed by atoms with E-state index in [1.807, 2.05) is 0 Å². The number of carbonyl (C=O) groups excluding carboxylic acids is 1. The topological polar surface area (TPSA) is 75.8 Å². The second-order valence-electron chi connectivity index (χ2n) is 4.54. The molecule has 3 N–H and O–H groups in total. The van der Waals surface area contributed by atoms with Crippen LogP contribution in [0, 0.1) is 5.82 Å². The van der Waals surface area contributed by atoms with E-state index in [1.165, 1.54) is 13.0 Å². The van der Waals surface area contributed by atoms with Gasteiger partial charge in [-0.3, -0.25) is 4.79 Å². The quantitative estimate of drug-likeness (QED) is 0.840. The van der Waals surface area contributed by atoms with Crippen LogP contribution >= 0.6 is 0 Å². The van der Waals surface area contributed by atoms with E-state index in [1.54, 1.807) is 17.0 Å². The normalized spacial score (nSPS) is 21.2. The summed E-state index contributed by atoms with van der Waals surface area (Å²) in [6, 6.07) is 3.86. The fourth-order valence-electron chi connectivity index (χ4n) is 2.32. The molecule has 1 amide bonds. The molecule has 0 aliphatic carbocycles. The van der Waals surface area contributed by atoms with E-state index in [0.29, 0.717) is 18.8 Å². The SMILES string of the molecule is CC(O)c1c(F)cccc1N1CCOCC1C(N)=O. The van der Waals surface area contributed by atoms with Gasteiger partial charge in [-0.25, -0.2) is 4.39 Å². The largest absolute Gasteiger partial charge is 0.389 e. The zero-order valence-electron chi connectivity index (χ0n) is 10.7. The summed E-state index contributed by atoms with van der Waals surface area (Å²) in [5, 5.41) is 9.73. The lowest BCUT2D eigenvalue weighted by Crippen LogP contribution is -2.53. The van der Waals surface area contributed by atoms with Crippen LogP contribution in [0.15, 0.2) is 18.2 Å². The Bertz CT molecular complexity index is 479. The number of morpholine rings is 1. The average molecular weight is 268 g/mol. The summed E-state index contributed by atoms with van der Waals surface area (Å²) in [6.45, 7) is 2.52. The smallest absolute Gasteiger partial charge is 0.242 e. The minimum Gasteiger partial charge on any atom is -0.389 e. The highest BCUT2D eigenvalue weighted by atomic mass is 19.1. The molecule has 1 aromatic rings. The fraction of sp³-hybridized carbons (Fsp3) is 0.462. The van der Waals surface area contributed by atoms with Crippen LogP contribution in [-0.4, -0.2) is 36.8 Å². The van der Waals surface area contributed by atoms with Gasteiger partial charge in [0, 0.05) is 17.8 Å². The Kier molecular flexibility index (Phi) is 4.01. The van der Waals surface area contributed by atoms with Crippen LogP contribution in [0.25, 0.3) is 0 Å². The number of amides is 1. The summed E-state index contributed by atoms with van der Waals surface area (Å²) in [4.78, 5) is 13.1. The first-order valence-electron chi connectivity index (χ1n) is 6.12.